The number of rotatable bonds is 6. The van der Waals surface area contributed by atoms with Crippen LogP contribution in [0.1, 0.15) is 39.5 Å². The Morgan fingerprint density at radius 2 is 1.85 bits per heavy atom. The molecule has 1 heterocycles. The molecule has 1 aliphatic heterocycles. The van der Waals surface area contributed by atoms with E-state index in [-0.39, 0.29) is 6.03 Å². The van der Waals surface area contributed by atoms with Gasteiger partial charge >= 0.3 is 12.0 Å². The summed E-state index contributed by atoms with van der Waals surface area (Å²) in [7, 11) is 1.68. The topological polar surface area (TPSA) is 78.9 Å². The van der Waals surface area contributed by atoms with Gasteiger partial charge in [0.1, 0.15) is 5.54 Å². The van der Waals surface area contributed by atoms with Gasteiger partial charge in [-0.3, -0.25) is 0 Å². The van der Waals surface area contributed by atoms with Crippen molar-refractivity contribution in [1.82, 2.24) is 10.2 Å². The summed E-state index contributed by atoms with van der Waals surface area (Å²) in [6.07, 6.45) is 2.56. The monoisotopic (exact) mass is 286 g/mol. The van der Waals surface area contributed by atoms with Crippen LogP contribution < -0.4 is 5.32 Å². The second-order valence-electron chi connectivity index (χ2n) is 5.41. The first-order valence-corrected chi connectivity index (χ1v) is 7.28. The number of ether oxygens (including phenoxy) is 1. The maximum absolute atomic E-state index is 12.2. The molecule has 20 heavy (non-hydrogen) atoms. The number of carbonyl (C=O) groups excluding carboxylic acids is 1. The molecule has 0 atom stereocenters. The van der Waals surface area contributed by atoms with Crippen molar-refractivity contribution in [2.45, 2.75) is 45.1 Å². The predicted molar refractivity (Wildman–Crippen MR) is 75.7 cm³/mol. The zero-order valence-electron chi connectivity index (χ0n) is 12.6. The van der Waals surface area contributed by atoms with Gasteiger partial charge in [-0.15, -0.1) is 0 Å². The summed E-state index contributed by atoms with van der Waals surface area (Å²) in [4.78, 5) is 25.3. The Labute approximate surface area is 120 Å². The number of nitrogens with one attached hydrogen (secondary N) is 1. The van der Waals surface area contributed by atoms with Gasteiger partial charge in [0.15, 0.2) is 0 Å². The summed E-state index contributed by atoms with van der Waals surface area (Å²) in [6, 6.07) is -0.271. The van der Waals surface area contributed by atoms with E-state index in [0.29, 0.717) is 31.8 Å². The molecule has 6 heteroatoms. The number of aliphatic carboxylic acids is 1. The second kappa shape index (κ2) is 7.47. The summed E-state index contributed by atoms with van der Waals surface area (Å²) in [6.45, 7) is 5.59. The first-order valence-electron chi connectivity index (χ1n) is 7.28. The Morgan fingerprint density at radius 1 is 1.30 bits per heavy atom. The van der Waals surface area contributed by atoms with E-state index >= 15 is 0 Å². The third kappa shape index (κ3) is 3.85. The number of hydrogen-bond donors (Lipinski definition) is 2. The Morgan fingerprint density at radius 3 is 2.25 bits per heavy atom. The van der Waals surface area contributed by atoms with Crippen LogP contribution >= 0.6 is 0 Å². The van der Waals surface area contributed by atoms with E-state index in [4.69, 9.17) is 4.74 Å². The number of nitrogens with zero attached hydrogens (tertiary/aromatic N) is 1. The molecule has 0 spiro atoms. The number of carboxylic acids is 1. The molecule has 116 valence electrons. The fourth-order valence-electron chi connectivity index (χ4n) is 2.60. The minimum absolute atomic E-state index is 0.271. The number of carbonyl (C=O) groups is 2. The molecular weight excluding hydrogens is 260 g/mol. The molecule has 2 amide bonds. The normalized spacial score (nSPS) is 17.1. The van der Waals surface area contributed by atoms with Gasteiger partial charge in [-0.05, 0) is 31.6 Å². The lowest BCUT2D eigenvalue weighted by molar-refractivity contribution is -0.144. The van der Waals surface area contributed by atoms with Crippen molar-refractivity contribution in [2.24, 2.45) is 5.92 Å². The largest absolute Gasteiger partial charge is 0.480 e. The molecule has 0 aromatic heterocycles. The highest BCUT2D eigenvalue weighted by molar-refractivity contribution is 5.86. The maximum Gasteiger partial charge on any atom is 0.329 e. The van der Waals surface area contributed by atoms with Crippen molar-refractivity contribution in [3.05, 3.63) is 0 Å². The summed E-state index contributed by atoms with van der Waals surface area (Å²) in [5, 5.41) is 12.0. The molecule has 2 N–H and O–H groups in total. The first kappa shape index (κ1) is 16.8. The highest BCUT2D eigenvalue weighted by Gasteiger charge is 2.38. The fourth-order valence-corrected chi connectivity index (χ4v) is 2.60. The fraction of sp³-hybridized carbons (Fsp3) is 0.857. The second-order valence-corrected chi connectivity index (χ2v) is 5.41. The van der Waals surface area contributed by atoms with Crippen molar-refractivity contribution in [2.75, 3.05) is 26.8 Å². The molecule has 0 radical (unpaired) electrons. The van der Waals surface area contributed by atoms with Gasteiger partial charge in [0, 0.05) is 26.8 Å². The van der Waals surface area contributed by atoms with E-state index in [1.165, 1.54) is 0 Å². The average molecular weight is 286 g/mol. The van der Waals surface area contributed by atoms with Crippen LogP contribution in [0.4, 0.5) is 4.79 Å². The number of carboxylic acid groups (broad SMARTS) is 1. The summed E-state index contributed by atoms with van der Waals surface area (Å²) in [5.74, 6) is -0.476. The predicted octanol–water partition coefficient (Wildman–Crippen LogP) is 1.70. The molecule has 0 aromatic rings. The standard InChI is InChI=1S/C14H26N2O4/c1-4-14(5-2,12(17)18)15-13(19)16-8-6-11(7-9-16)10-20-3/h11H,4-10H2,1-3H3,(H,15,19)(H,17,18). The van der Waals surface area contributed by atoms with Crippen LogP contribution in [0, 0.1) is 5.92 Å². The van der Waals surface area contributed by atoms with E-state index in [1.54, 1.807) is 25.9 Å². The molecule has 1 saturated heterocycles. The molecule has 1 aliphatic rings. The SMILES string of the molecule is CCC(CC)(NC(=O)N1CCC(COC)CC1)C(=O)O. The molecule has 0 unspecified atom stereocenters. The average Bonchev–Trinajstić information content (AvgIpc) is 2.45. The van der Waals surface area contributed by atoms with Gasteiger partial charge in [-0.1, -0.05) is 13.8 Å². The number of amides is 2. The van der Waals surface area contributed by atoms with Crippen LogP contribution in [-0.2, 0) is 9.53 Å². The number of likely N-dealkylation sites (tertiary alicyclic amines) is 1. The van der Waals surface area contributed by atoms with E-state index in [0.717, 1.165) is 19.4 Å². The Kier molecular flexibility index (Phi) is 6.26. The van der Waals surface area contributed by atoms with Gasteiger partial charge in [0.2, 0.25) is 0 Å². The lowest BCUT2D eigenvalue weighted by Gasteiger charge is -2.35. The van der Waals surface area contributed by atoms with Gasteiger partial charge in [-0.2, -0.15) is 0 Å². The Hall–Kier alpha value is -1.30. The van der Waals surface area contributed by atoms with Gasteiger partial charge in [-0.25, -0.2) is 9.59 Å². The third-order valence-corrected chi connectivity index (χ3v) is 4.27. The quantitative estimate of drug-likeness (QED) is 0.779. The molecular formula is C14H26N2O4. The van der Waals surface area contributed by atoms with Crippen LogP contribution in [0.2, 0.25) is 0 Å². The number of hydrogen-bond acceptors (Lipinski definition) is 3. The Bertz CT molecular complexity index is 334. The molecule has 0 aliphatic carbocycles. The third-order valence-electron chi connectivity index (χ3n) is 4.27. The highest BCUT2D eigenvalue weighted by Crippen LogP contribution is 2.20. The zero-order valence-corrected chi connectivity index (χ0v) is 12.6. The summed E-state index contributed by atoms with van der Waals surface area (Å²) < 4.78 is 5.13. The van der Waals surface area contributed by atoms with Crippen molar-refractivity contribution in [3.8, 4) is 0 Å². The van der Waals surface area contributed by atoms with Crippen LogP contribution in [0.15, 0.2) is 0 Å². The first-order chi connectivity index (χ1) is 9.49. The van der Waals surface area contributed by atoms with Crippen LogP contribution in [0.25, 0.3) is 0 Å². The summed E-state index contributed by atoms with van der Waals surface area (Å²) >= 11 is 0. The highest BCUT2D eigenvalue weighted by atomic mass is 16.5. The Balaban J connectivity index is 2.57. The molecule has 1 rings (SSSR count). The number of methoxy groups -OCH3 is 1. The van der Waals surface area contributed by atoms with Crippen molar-refractivity contribution >= 4 is 12.0 Å². The molecule has 1 fully saturated rings. The summed E-state index contributed by atoms with van der Waals surface area (Å²) in [5.41, 5.74) is -1.15. The van der Waals surface area contributed by atoms with Gasteiger partial charge in [0.25, 0.3) is 0 Å². The van der Waals surface area contributed by atoms with Crippen LogP contribution in [-0.4, -0.2) is 54.4 Å². The molecule has 0 bridgehead atoms. The van der Waals surface area contributed by atoms with Gasteiger partial charge < -0.3 is 20.1 Å². The number of urea groups is 1. The molecule has 0 aromatic carbocycles. The van der Waals surface area contributed by atoms with Crippen molar-refractivity contribution in [1.29, 1.82) is 0 Å². The lowest BCUT2D eigenvalue weighted by atomic mass is 9.93. The van der Waals surface area contributed by atoms with Crippen molar-refractivity contribution < 1.29 is 19.4 Å². The minimum Gasteiger partial charge on any atom is -0.480 e. The van der Waals surface area contributed by atoms with E-state index in [1.807, 2.05) is 0 Å². The number of piperidine rings is 1. The zero-order chi connectivity index (χ0) is 15.2. The molecule has 6 nitrogen and oxygen atoms in total. The van der Waals surface area contributed by atoms with Crippen LogP contribution in [0.5, 0.6) is 0 Å². The van der Waals surface area contributed by atoms with E-state index in [9.17, 15) is 14.7 Å². The van der Waals surface area contributed by atoms with Gasteiger partial charge in [0.05, 0.1) is 0 Å². The smallest absolute Gasteiger partial charge is 0.329 e. The lowest BCUT2D eigenvalue weighted by Crippen LogP contribution is -2.58. The van der Waals surface area contributed by atoms with Crippen molar-refractivity contribution in [3.63, 3.8) is 0 Å². The van der Waals surface area contributed by atoms with E-state index in [2.05, 4.69) is 5.32 Å². The van der Waals surface area contributed by atoms with Crippen LogP contribution in [0.3, 0.4) is 0 Å². The minimum atomic E-state index is -1.15. The maximum atomic E-state index is 12.2. The molecule has 0 saturated carbocycles. The van der Waals surface area contributed by atoms with E-state index < -0.39 is 11.5 Å².